The van der Waals surface area contributed by atoms with Gasteiger partial charge in [-0.05, 0) is 37.4 Å². The standard InChI is InChI=1S/C18H18ClF3N2O2/c1-24(9-10-26-14-6-4-5-13(19)11-14)12-17(25)23-16-8-3-2-7-15(16)18(20,21)22/h2-8,11H,9-10,12H2,1H3,(H,23,25). The number of nitrogens with zero attached hydrogens (tertiary/aromatic N) is 1. The highest BCUT2D eigenvalue weighted by Crippen LogP contribution is 2.34. The van der Waals surface area contributed by atoms with E-state index in [-0.39, 0.29) is 12.2 Å². The van der Waals surface area contributed by atoms with Gasteiger partial charge in [0.15, 0.2) is 0 Å². The minimum absolute atomic E-state index is 0.0644. The van der Waals surface area contributed by atoms with E-state index in [1.165, 1.54) is 18.2 Å². The number of para-hydroxylation sites is 1. The van der Waals surface area contributed by atoms with Crippen molar-refractivity contribution in [3.63, 3.8) is 0 Å². The Labute approximate surface area is 154 Å². The molecule has 2 aromatic carbocycles. The summed E-state index contributed by atoms with van der Waals surface area (Å²) < 4.78 is 44.3. The Morgan fingerprint density at radius 3 is 2.62 bits per heavy atom. The number of carbonyl (C=O) groups excluding carboxylic acids is 1. The van der Waals surface area contributed by atoms with E-state index in [4.69, 9.17) is 16.3 Å². The van der Waals surface area contributed by atoms with Crippen molar-refractivity contribution in [2.45, 2.75) is 6.18 Å². The van der Waals surface area contributed by atoms with Gasteiger partial charge < -0.3 is 10.1 Å². The third-order valence-electron chi connectivity index (χ3n) is 3.46. The van der Waals surface area contributed by atoms with Crippen molar-refractivity contribution < 1.29 is 22.7 Å². The molecule has 0 radical (unpaired) electrons. The molecule has 1 N–H and O–H groups in total. The monoisotopic (exact) mass is 386 g/mol. The molecular formula is C18H18ClF3N2O2. The number of benzene rings is 2. The first-order valence-corrected chi connectivity index (χ1v) is 8.16. The zero-order valence-corrected chi connectivity index (χ0v) is 14.8. The molecule has 0 aliphatic carbocycles. The molecule has 0 aliphatic rings. The highest BCUT2D eigenvalue weighted by atomic mass is 35.5. The van der Waals surface area contributed by atoms with Gasteiger partial charge >= 0.3 is 6.18 Å². The van der Waals surface area contributed by atoms with Gasteiger partial charge in [0.05, 0.1) is 17.8 Å². The minimum Gasteiger partial charge on any atom is -0.492 e. The molecule has 140 valence electrons. The van der Waals surface area contributed by atoms with E-state index in [0.717, 1.165) is 6.07 Å². The number of amides is 1. The molecule has 0 aliphatic heterocycles. The van der Waals surface area contributed by atoms with Crippen molar-refractivity contribution in [3.8, 4) is 5.75 Å². The van der Waals surface area contributed by atoms with Gasteiger partial charge in [0.25, 0.3) is 0 Å². The molecule has 26 heavy (non-hydrogen) atoms. The minimum atomic E-state index is -4.53. The Bertz CT molecular complexity index is 753. The van der Waals surface area contributed by atoms with Crippen LogP contribution in [0.4, 0.5) is 18.9 Å². The smallest absolute Gasteiger partial charge is 0.418 e. The topological polar surface area (TPSA) is 41.6 Å². The van der Waals surface area contributed by atoms with Crippen LogP contribution in [0.25, 0.3) is 0 Å². The summed E-state index contributed by atoms with van der Waals surface area (Å²) in [6, 6.07) is 11.8. The Morgan fingerprint density at radius 2 is 1.92 bits per heavy atom. The fourth-order valence-corrected chi connectivity index (χ4v) is 2.41. The first-order chi connectivity index (χ1) is 12.3. The van der Waals surface area contributed by atoms with Crippen molar-refractivity contribution in [2.24, 2.45) is 0 Å². The number of nitrogens with one attached hydrogen (secondary N) is 1. The summed E-state index contributed by atoms with van der Waals surface area (Å²) in [5.74, 6) is 0.0708. The van der Waals surface area contributed by atoms with Crippen LogP contribution in [0.15, 0.2) is 48.5 Å². The lowest BCUT2D eigenvalue weighted by Gasteiger charge is -2.18. The molecule has 0 aromatic heterocycles. The van der Waals surface area contributed by atoms with Crippen LogP contribution in [-0.4, -0.2) is 37.6 Å². The molecule has 0 heterocycles. The molecular weight excluding hydrogens is 369 g/mol. The summed E-state index contributed by atoms with van der Waals surface area (Å²) >= 11 is 5.85. The maximum atomic E-state index is 12.9. The predicted molar refractivity (Wildman–Crippen MR) is 94.5 cm³/mol. The van der Waals surface area contributed by atoms with E-state index in [1.807, 2.05) is 0 Å². The molecule has 1 amide bonds. The average Bonchev–Trinajstić information content (AvgIpc) is 2.54. The van der Waals surface area contributed by atoms with Gasteiger partial charge in [-0.15, -0.1) is 0 Å². The summed E-state index contributed by atoms with van der Waals surface area (Å²) in [7, 11) is 1.68. The average molecular weight is 387 g/mol. The molecule has 4 nitrogen and oxygen atoms in total. The number of likely N-dealkylation sites (N-methyl/N-ethyl adjacent to an activating group) is 1. The molecule has 0 bridgehead atoms. The first kappa shape index (κ1) is 20.1. The van der Waals surface area contributed by atoms with Crippen LogP contribution in [0.2, 0.25) is 5.02 Å². The second kappa shape index (κ2) is 8.91. The second-order valence-electron chi connectivity index (χ2n) is 5.64. The van der Waals surface area contributed by atoms with Gasteiger partial charge in [-0.1, -0.05) is 29.8 Å². The Hall–Kier alpha value is -2.25. The lowest BCUT2D eigenvalue weighted by Crippen LogP contribution is -2.33. The van der Waals surface area contributed by atoms with Gasteiger partial charge in [-0.2, -0.15) is 13.2 Å². The fraction of sp³-hybridized carbons (Fsp3) is 0.278. The lowest BCUT2D eigenvalue weighted by molar-refractivity contribution is -0.137. The Kier molecular flexibility index (Phi) is 6.88. The fourth-order valence-electron chi connectivity index (χ4n) is 2.23. The number of rotatable bonds is 7. The number of hydrogen-bond acceptors (Lipinski definition) is 3. The van der Waals surface area contributed by atoms with Crippen molar-refractivity contribution in [2.75, 3.05) is 32.1 Å². The molecule has 0 saturated carbocycles. The molecule has 2 aromatic rings. The first-order valence-electron chi connectivity index (χ1n) is 7.78. The molecule has 8 heteroatoms. The largest absolute Gasteiger partial charge is 0.492 e. The van der Waals surface area contributed by atoms with Gasteiger partial charge in [0.1, 0.15) is 12.4 Å². The van der Waals surface area contributed by atoms with E-state index in [0.29, 0.717) is 23.9 Å². The zero-order valence-electron chi connectivity index (χ0n) is 14.0. The third kappa shape index (κ3) is 6.24. The number of hydrogen-bond donors (Lipinski definition) is 1. The second-order valence-corrected chi connectivity index (χ2v) is 6.07. The quantitative estimate of drug-likeness (QED) is 0.771. The summed E-state index contributed by atoms with van der Waals surface area (Å²) in [6.07, 6.45) is -4.53. The predicted octanol–water partition coefficient (Wildman–Crippen LogP) is 4.31. The maximum absolute atomic E-state index is 12.9. The number of carbonyl (C=O) groups is 1. The van der Waals surface area contributed by atoms with Crippen LogP contribution >= 0.6 is 11.6 Å². The van der Waals surface area contributed by atoms with Crippen LogP contribution in [-0.2, 0) is 11.0 Å². The Morgan fingerprint density at radius 1 is 1.19 bits per heavy atom. The highest BCUT2D eigenvalue weighted by molar-refractivity contribution is 6.30. The zero-order chi connectivity index (χ0) is 19.2. The van der Waals surface area contributed by atoms with E-state index < -0.39 is 17.6 Å². The summed E-state index contributed by atoms with van der Waals surface area (Å²) in [5.41, 5.74) is -1.13. The number of alkyl halides is 3. The van der Waals surface area contributed by atoms with Gasteiger partial charge in [-0.25, -0.2) is 0 Å². The van der Waals surface area contributed by atoms with Crippen LogP contribution in [0.5, 0.6) is 5.75 Å². The van der Waals surface area contributed by atoms with E-state index in [9.17, 15) is 18.0 Å². The van der Waals surface area contributed by atoms with E-state index in [1.54, 1.807) is 36.2 Å². The van der Waals surface area contributed by atoms with Crippen molar-refractivity contribution in [3.05, 3.63) is 59.1 Å². The van der Waals surface area contributed by atoms with E-state index >= 15 is 0 Å². The lowest BCUT2D eigenvalue weighted by atomic mass is 10.1. The van der Waals surface area contributed by atoms with Crippen LogP contribution in [0.3, 0.4) is 0 Å². The summed E-state index contributed by atoms with van der Waals surface area (Å²) in [5, 5.41) is 2.86. The molecule has 0 fully saturated rings. The van der Waals surface area contributed by atoms with Gasteiger partial charge in [-0.3, -0.25) is 9.69 Å². The SMILES string of the molecule is CN(CCOc1cccc(Cl)c1)CC(=O)Nc1ccccc1C(F)(F)F. The Balaban J connectivity index is 1.82. The number of ether oxygens (including phenoxy) is 1. The number of halogens is 4. The van der Waals surface area contributed by atoms with Crippen LogP contribution in [0, 0.1) is 0 Å². The molecule has 2 rings (SSSR count). The number of anilines is 1. The van der Waals surface area contributed by atoms with E-state index in [2.05, 4.69) is 5.32 Å². The van der Waals surface area contributed by atoms with Crippen LogP contribution in [0.1, 0.15) is 5.56 Å². The molecule has 0 saturated heterocycles. The van der Waals surface area contributed by atoms with Crippen molar-refractivity contribution in [1.82, 2.24) is 4.90 Å². The molecule has 0 atom stereocenters. The third-order valence-corrected chi connectivity index (χ3v) is 3.69. The van der Waals surface area contributed by atoms with Crippen molar-refractivity contribution >= 4 is 23.2 Å². The summed E-state index contributed by atoms with van der Waals surface area (Å²) in [6.45, 7) is 0.662. The highest BCUT2D eigenvalue weighted by Gasteiger charge is 2.33. The molecule has 0 unspecified atom stereocenters. The molecule has 0 spiro atoms. The maximum Gasteiger partial charge on any atom is 0.418 e. The van der Waals surface area contributed by atoms with Crippen LogP contribution < -0.4 is 10.1 Å². The van der Waals surface area contributed by atoms with Crippen molar-refractivity contribution in [1.29, 1.82) is 0 Å². The normalized spacial score (nSPS) is 11.5. The van der Waals surface area contributed by atoms with Gasteiger partial charge in [0.2, 0.25) is 5.91 Å². The summed E-state index contributed by atoms with van der Waals surface area (Å²) in [4.78, 5) is 13.7. The van der Waals surface area contributed by atoms with Gasteiger partial charge in [0, 0.05) is 11.6 Å².